The van der Waals surface area contributed by atoms with Crippen molar-refractivity contribution in [2.45, 2.75) is 10.8 Å². The van der Waals surface area contributed by atoms with Crippen molar-refractivity contribution in [3.63, 3.8) is 0 Å². The predicted octanol–water partition coefficient (Wildman–Crippen LogP) is 4.53. The van der Waals surface area contributed by atoms with Crippen LogP contribution in [0.4, 0.5) is 0 Å². The van der Waals surface area contributed by atoms with Gasteiger partial charge in [-0.25, -0.2) is 0 Å². The van der Waals surface area contributed by atoms with Crippen molar-refractivity contribution < 1.29 is 0 Å². The molecule has 0 unspecified atom stereocenters. The zero-order valence-corrected chi connectivity index (χ0v) is 11.2. The zero-order valence-electron chi connectivity index (χ0n) is 6.55. The first kappa shape index (κ1) is 10.1. The maximum absolute atomic E-state index is 5.85. The summed E-state index contributed by atoms with van der Waals surface area (Å²) in [5, 5.41) is 3.38. The molecule has 1 aromatic heterocycles. The average molecular weight is 341 g/mol. The van der Waals surface area contributed by atoms with Crippen LogP contribution in [0.5, 0.6) is 0 Å². The number of hydrogen-bond acceptors (Lipinski definition) is 2. The Morgan fingerprint density at radius 1 is 1.46 bits per heavy atom. The van der Waals surface area contributed by atoms with Gasteiger partial charge in [0.25, 0.3) is 0 Å². The summed E-state index contributed by atoms with van der Waals surface area (Å²) in [6, 6.07) is 4.11. The van der Waals surface area contributed by atoms with Crippen LogP contribution in [-0.4, -0.2) is 0 Å². The molecule has 0 N–H and O–H groups in total. The van der Waals surface area contributed by atoms with Gasteiger partial charge in [0, 0.05) is 24.4 Å². The second-order valence-corrected chi connectivity index (χ2v) is 5.46. The topological polar surface area (TPSA) is 0 Å². The highest BCUT2D eigenvalue weighted by atomic mass is 127. The summed E-state index contributed by atoms with van der Waals surface area (Å²) < 4.78 is 2.49. The lowest BCUT2D eigenvalue weighted by molar-refractivity contribution is 1.47. The average Bonchev–Trinajstić information content (AvgIpc) is 2.56. The van der Waals surface area contributed by atoms with Gasteiger partial charge in [-0.05, 0) is 45.7 Å². The van der Waals surface area contributed by atoms with Crippen LogP contribution in [0.15, 0.2) is 22.4 Å². The molecule has 0 nitrogen and oxygen atoms in total. The molecule has 0 bridgehead atoms. The van der Waals surface area contributed by atoms with E-state index in [9.17, 15) is 0 Å². The Morgan fingerprint density at radius 2 is 2.23 bits per heavy atom. The van der Waals surface area contributed by atoms with Crippen LogP contribution in [0, 0.1) is 3.57 Å². The van der Waals surface area contributed by atoms with Gasteiger partial charge in [0.05, 0.1) is 0 Å². The molecule has 0 amide bonds. The maximum Gasteiger partial charge on any atom is 0.0489 e. The number of hydrogen-bond donors (Lipinski definition) is 1. The van der Waals surface area contributed by atoms with Crippen LogP contribution in [0.2, 0.25) is 0 Å². The van der Waals surface area contributed by atoms with E-state index in [-0.39, 0.29) is 0 Å². The van der Waals surface area contributed by atoms with Gasteiger partial charge in [0.15, 0.2) is 0 Å². The number of thiol groups is 1. The van der Waals surface area contributed by atoms with E-state index in [2.05, 4.69) is 46.7 Å². The fourth-order valence-corrected chi connectivity index (χ4v) is 3.89. The Morgan fingerprint density at radius 3 is 2.92 bits per heavy atom. The Labute approximate surface area is 105 Å². The van der Waals surface area contributed by atoms with Crippen molar-refractivity contribution in [1.82, 2.24) is 0 Å². The third kappa shape index (κ3) is 1.71. The molecule has 0 spiro atoms. The monoisotopic (exact) mass is 340 g/mol. The number of fused-ring (bicyclic) bond motifs is 1. The second kappa shape index (κ2) is 3.96. The minimum Gasteiger partial charge on any atom is -0.142 e. The molecule has 1 heterocycles. The number of thiophene rings is 1. The van der Waals surface area contributed by atoms with Gasteiger partial charge in [-0.3, -0.25) is 0 Å². The van der Waals surface area contributed by atoms with Crippen molar-refractivity contribution in [2.75, 3.05) is 0 Å². The number of halogens is 2. The van der Waals surface area contributed by atoms with Crippen LogP contribution in [0.25, 0.3) is 10.1 Å². The van der Waals surface area contributed by atoms with Gasteiger partial charge >= 0.3 is 0 Å². The van der Waals surface area contributed by atoms with Gasteiger partial charge in [-0.1, -0.05) is 0 Å². The molecule has 0 saturated carbocycles. The van der Waals surface area contributed by atoms with Crippen LogP contribution < -0.4 is 0 Å². The Balaban J connectivity index is 2.87. The molecule has 13 heavy (non-hydrogen) atoms. The minimum absolute atomic E-state index is 0.577. The normalized spacial score (nSPS) is 11.0. The summed E-state index contributed by atoms with van der Waals surface area (Å²) in [6.07, 6.45) is 0. The highest BCUT2D eigenvalue weighted by molar-refractivity contribution is 14.1. The van der Waals surface area contributed by atoms with Gasteiger partial charge in [0.1, 0.15) is 0 Å². The molecular weight excluding hydrogens is 335 g/mol. The van der Waals surface area contributed by atoms with E-state index in [0.717, 1.165) is 4.90 Å². The van der Waals surface area contributed by atoms with E-state index >= 15 is 0 Å². The lowest BCUT2D eigenvalue weighted by Gasteiger charge is -1.99. The van der Waals surface area contributed by atoms with Crippen molar-refractivity contribution in [3.05, 3.63) is 26.6 Å². The number of alkyl halides is 1. The standard InChI is InChI=1S/C9H6ClIS2/c10-3-5-4-13-9-7(12)2-1-6(11)8(5)9/h1-2,4,12H,3H2. The molecule has 0 atom stereocenters. The molecule has 0 aliphatic rings. The summed E-state index contributed by atoms with van der Waals surface area (Å²) in [4.78, 5) is 1.04. The number of benzene rings is 1. The van der Waals surface area contributed by atoms with Crippen molar-refractivity contribution in [3.8, 4) is 0 Å². The predicted molar refractivity (Wildman–Crippen MR) is 71.4 cm³/mol. The molecule has 0 saturated heterocycles. The van der Waals surface area contributed by atoms with Crippen LogP contribution in [0.3, 0.4) is 0 Å². The lowest BCUT2D eigenvalue weighted by atomic mass is 10.2. The SMILES string of the molecule is Sc1ccc(I)c2c(CCl)csc12. The quantitative estimate of drug-likeness (QED) is 0.440. The molecule has 4 heteroatoms. The first-order valence-corrected chi connectivity index (χ1v) is 6.61. The van der Waals surface area contributed by atoms with E-state index in [1.54, 1.807) is 11.3 Å². The largest absolute Gasteiger partial charge is 0.142 e. The molecule has 1 aromatic carbocycles. The van der Waals surface area contributed by atoms with Gasteiger partial charge < -0.3 is 0 Å². The first-order valence-electron chi connectivity index (χ1n) is 3.67. The van der Waals surface area contributed by atoms with Crippen LogP contribution in [0.1, 0.15) is 5.56 Å². The van der Waals surface area contributed by atoms with E-state index in [1.807, 2.05) is 6.07 Å². The molecule has 2 rings (SSSR count). The van der Waals surface area contributed by atoms with Gasteiger partial charge in [-0.15, -0.1) is 35.6 Å². The summed E-state index contributed by atoms with van der Waals surface area (Å²) >= 11 is 14.3. The molecule has 0 aliphatic heterocycles. The molecule has 0 fully saturated rings. The van der Waals surface area contributed by atoms with Crippen molar-refractivity contribution in [1.29, 1.82) is 0 Å². The van der Waals surface area contributed by atoms with Crippen molar-refractivity contribution >= 4 is 68.2 Å². The summed E-state index contributed by atoms with van der Waals surface area (Å²) in [5.74, 6) is 0.577. The molecule has 2 aromatic rings. The number of rotatable bonds is 1. The van der Waals surface area contributed by atoms with E-state index in [1.165, 1.54) is 19.2 Å². The smallest absolute Gasteiger partial charge is 0.0489 e. The maximum atomic E-state index is 5.85. The van der Waals surface area contributed by atoms with Crippen LogP contribution >= 0.6 is 58.2 Å². The third-order valence-corrected chi connectivity index (χ3v) is 4.64. The molecule has 0 aliphatic carbocycles. The summed E-state index contributed by atoms with van der Waals surface area (Å²) in [7, 11) is 0. The molecular formula is C9H6ClIS2. The Bertz CT molecular complexity index is 450. The first-order chi connectivity index (χ1) is 6.24. The molecule has 68 valence electrons. The summed E-state index contributed by atoms with van der Waals surface area (Å²) in [5.41, 5.74) is 1.21. The highest BCUT2D eigenvalue weighted by Gasteiger charge is 2.08. The zero-order chi connectivity index (χ0) is 9.42. The fraction of sp³-hybridized carbons (Fsp3) is 0.111. The van der Waals surface area contributed by atoms with Crippen molar-refractivity contribution in [2.24, 2.45) is 0 Å². The van der Waals surface area contributed by atoms with E-state index in [4.69, 9.17) is 11.6 Å². The second-order valence-electron chi connectivity index (χ2n) is 2.67. The Hall–Kier alpha value is 0.550. The third-order valence-electron chi connectivity index (χ3n) is 1.87. The summed E-state index contributed by atoms with van der Waals surface area (Å²) in [6.45, 7) is 0. The lowest BCUT2D eigenvalue weighted by Crippen LogP contribution is -1.79. The molecule has 0 radical (unpaired) electrons. The van der Waals surface area contributed by atoms with Crippen LogP contribution in [-0.2, 0) is 5.88 Å². The fourth-order valence-electron chi connectivity index (χ4n) is 1.25. The van der Waals surface area contributed by atoms with Gasteiger partial charge in [-0.2, -0.15) is 0 Å². The van der Waals surface area contributed by atoms with Gasteiger partial charge in [0.2, 0.25) is 0 Å². The minimum atomic E-state index is 0.577. The van der Waals surface area contributed by atoms with E-state index in [0.29, 0.717) is 5.88 Å². The van der Waals surface area contributed by atoms with E-state index < -0.39 is 0 Å². The highest BCUT2D eigenvalue weighted by Crippen LogP contribution is 2.35. The Kier molecular flexibility index (Phi) is 3.07.